The summed E-state index contributed by atoms with van der Waals surface area (Å²) in [6.45, 7) is 2.77. The molecule has 0 heterocycles. The number of carbonyl (C=O) groups excluding carboxylic acids is 1. The van der Waals surface area contributed by atoms with E-state index in [1.54, 1.807) is 25.1 Å². The van der Waals surface area contributed by atoms with Crippen LogP contribution in [-0.4, -0.2) is 30.9 Å². The van der Waals surface area contributed by atoms with E-state index < -0.39 is 0 Å². The number of hydrogen-bond acceptors (Lipinski definition) is 3. The molecule has 0 spiro atoms. The number of rotatable bonds is 7. The molecule has 2 aromatic carbocycles. The van der Waals surface area contributed by atoms with E-state index in [0.29, 0.717) is 13.2 Å². The Morgan fingerprint density at radius 1 is 1.17 bits per heavy atom. The number of likely N-dealkylation sites (N-methyl/N-ethyl adjacent to an activating group) is 1. The minimum absolute atomic E-state index is 0.0463. The summed E-state index contributed by atoms with van der Waals surface area (Å²) in [4.78, 5) is 13.3. The molecule has 0 saturated heterocycles. The molecule has 0 saturated carbocycles. The number of hydrogen-bond donors (Lipinski definition) is 1. The molecular formula is C19H23FN2O2. The van der Waals surface area contributed by atoms with Gasteiger partial charge in [0.05, 0.1) is 6.04 Å². The molecule has 0 bridgehead atoms. The third-order valence-electron chi connectivity index (χ3n) is 3.64. The van der Waals surface area contributed by atoms with E-state index in [0.717, 1.165) is 16.9 Å². The Hall–Kier alpha value is -2.40. The molecule has 0 unspecified atom stereocenters. The van der Waals surface area contributed by atoms with Crippen molar-refractivity contribution >= 4 is 5.91 Å². The van der Waals surface area contributed by atoms with Gasteiger partial charge in [0.15, 0.2) is 0 Å². The summed E-state index contributed by atoms with van der Waals surface area (Å²) in [5.74, 6) is 0.504. The highest BCUT2D eigenvalue weighted by atomic mass is 19.1. The van der Waals surface area contributed by atoms with Crippen molar-refractivity contribution in [2.24, 2.45) is 0 Å². The summed E-state index contributed by atoms with van der Waals surface area (Å²) in [5.41, 5.74) is 1.85. The van der Waals surface area contributed by atoms with E-state index in [-0.39, 0.29) is 17.8 Å². The molecule has 1 amide bonds. The molecule has 24 heavy (non-hydrogen) atoms. The normalized spacial score (nSPS) is 11.8. The maximum atomic E-state index is 13.1. The van der Waals surface area contributed by atoms with Gasteiger partial charge in [-0.2, -0.15) is 0 Å². The van der Waals surface area contributed by atoms with E-state index in [4.69, 9.17) is 4.74 Å². The van der Waals surface area contributed by atoms with Gasteiger partial charge in [-0.05, 0) is 42.3 Å². The lowest BCUT2D eigenvalue weighted by molar-refractivity contribution is -0.130. The van der Waals surface area contributed by atoms with Crippen molar-refractivity contribution in [1.29, 1.82) is 0 Å². The van der Waals surface area contributed by atoms with Crippen LogP contribution in [0.5, 0.6) is 5.75 Å². The second kappa shape index (κ2) is 8.45. The third kappa shape index (κ3) is 5.35. The highest BCUT2D eigenvalue weighted by Gasteiger charge is 2.13. The maximum absolute atomic E-state index is 13.1. The van der Waals surface area contributed by atoms with Gasteiger partial charge in [0.25, 0.3) is 0 Å². The minimum atomic E-state index is -0.265. The Labute approximate surface area is 142 Å². The van der Waals surface area contributed by atoms with Gasteiger partial charge in [-0.1, -0.05) is 24.3 Å². The van der Waals surface area contributed by atoms with Crippen LogP contribution in [-0.2, 0) is 17.9 Å². The molecule has 1 N–H and O–H groups in total. The highest BCUT2D eigenvalue weighted by molar-refractivity contribution is 5.80. The molecule has 0 aliphatic rings. The summed E-state index contributed by atoms with van der Waals surface area (Å²) in [6, 6.07) is 13.8. The zero-order valence-corrected chi connectivity index (χ0v) is 14.3. The average molecular weight is 330 g/mol. The Morgan fingerprint density at radius 3 is 2.50 bits per heavy atom. The third-order valence-corrected chi connectivity index (χ3v) is 3.64. The highest BCUT2D eigenvalue weighted by Crippen LogP contribution is 2.15. The van der Waals surface area contributed by atoms with Crippen LogP contribution < -0.4 is 10.1 Å². The summed E-state index contributed by atoms with van der Waals surface area (Å²) in [5, 5.41) is 3.19. The predicted octanol–water partition coefficient (Wildman–Crippen LogP) is 2.97. The molecule has 0 aliphatic carbocycles. The van der Waals surface area contributed by atoms with Crippen molar-refractivity contribution in [2.75, 3.05) is 14.1 Å². The van der Waals surface area contributed by atoms with Gasteiger partial charge in [0.2, 0.25) is 5.91 Å². The van der Waals surface area contributed by atoms with Gasteiger partial charge < -0.3 is 15.0 Å². The fourth-order valence-corrected chi connectivity index (χ4v) is 2.24. The van der Waals surface area contributed by atoms with Crippen LogP contribution in [0.15, 0.2) is 48.5 Å². The van der Waals surface area contributed by atoms with Gasteiger partial charge in [0.1, 0.15) is 18.2 Å². The number of nitrogens with one attached hydrogen (secondary N) is 1. The summed E-state index contributed by atoms with van der Waals surface area (Å²) in [6.07, 6.45) is 0. The van der Waals surface area contributed by atoms with Crippen LogP contribution >= 0.6 is 0 Å². The molecule has 4 nitrogen and oxygen atoms in total. The predicted molar refractivity (Wildman–Crippen MR) is 92.2 cm³/mol. The zero-order valence-electron chi connectivity index (χ0n) is 14.3. The zero-order chi connectivity index (χ0) is 17.5. The van der Waals surface area contributed by atoms with Crippen molar-refractivity contribution in [2.45, 2.75) is 26.1 Å². The number of nitrogens with zero attached hydrogens (tertiary/aromatic N) is 1. The van der Waals surface area contributed by atoms with Gasteiger partial charge >= 0.3 is 0 Å². The van der Waals surface area contributed by atoms with Crippen LogP contribution in [0.2, 0.25) is 0 Å². The molecule has 1 atom stereocenters. The van der Waals surface area contributed by atoms with E-state index >= 15 is 0 Å². The lowest BCUT2D eigenvalue weighted by Crippen LogP contribution is -2.41. The van der Waals surface area contributed by atoms with E-state index in [2.05, 4.69) is 5.32 Å². The molecule has 0 aromatic heterocycles. The van der Waals surface area contributed by atoms with E-state index in [1.807, 2.05) is 37.3 Å². The maximum Gasteiger partial charge on any atom is 0.238 e. The van der Waals surface area contributed by atoms with Gasteiger partial charge in [0, 0.05) is 20.6 Å². The van der Waals surface area contributed by atoms with E-state index in [1.165, 1.54) is 12.1 Å². The van der Waals surface area contributed by atoms with Gasteiger partial charge in [-0.15, -0.1) is 0 Å². The summed E-state index contributed by atoms with van der Waals surface area (Å²) < 4.78 is 18.8. The second-order valence-corrected chi connectivity index (χ2v) is 5.90. The van der Waals surface area contributed by atoms with Crippen molar-refractivity contribution in [3.63, 3.8) is 0 Å². The minimum Gasteiger partial charge on any atom is -0.489 e. The van der Waals surface area contributed by atoms with E-state index in [9.17, 15) is 9.18 Å². The second-order valence-electron chi connectivity index (χ2n) is 5.90. The standard InChI is InChI=1S/C19H23FN2O2/c1-14(19(23)22(2)3)21-12-15-7-9-18(10-8-15)24-13-16-5-4-6-17(20)11-16/h4-11,14,21H,12-13H2,1-3H3/t14-/m0/s1. The number of carbonyl (C=O) groups is 1. The van der Waals surface area contributed by atoms with Crippen LogP contribution in [0.1, 0.15) is 18.1 Å². The lowest BCUT2D eigenvalue weighted by Gasteiger charge is -2.18. The Balaban J connectivity index is 1.83. The molecule has 2 rings (SSSR count). The van der Waals surface area contributed by atoms with Gasteiger partial charge in [-0.25, -0.2) is 4.39 Å². The van der Waals surface area contributed by atoms with Crippen molar-refractivity contribution in [3.8, 4) is 5.75 Å². The first-order valence-electron chi connectivity index (χ1n) is 7.86. The molecule has 128 valence electrons. The number of ether oxygens (including phenoxy) is 1. The number of halogens is 1. The Morgan fingerprint density at radius 2 is 1.88 bits per heavy atom. The van der Waals surface area contributed by atoms with Crippen LogP contribution in [0.4, 0.5) is 4.39 Å². The van der Waals surface area contributed by atoms with Crippen molar-refractivity contribution in [1.82, 2.24) is 10.2 Å². The Kier molecular flexibility index (Phi) is 6.32. The lowest BCUT2D eigenvalue weighted by atomic mass is 10.2. The quantitative estimate of drug-likeness (QED) is 0.849. The summed E-state index contributed by atoms with van der Waals surface area (Å²) in [7, 11) is 3.48. The molecule has 0 aliphatic heterocycles. The number of benzene rings is 2. The van der Waals surface area contributed by atoms with Crippen molar-refractivity contribution in [3.05, 3.63) is 65.5 Å². The fourth-order valence-electron chi connectivity index (χ4n) is 2.24. The molecule has 5 heteroatoms. The number of amides is 1. The first-order valence-corrected chi connectivity index (χ1v) is 7.86. The summed E-state index contributed by atoms with van der Waals surface area (Å²) >= 11 is 0. The monoisotopic (exact) mass is 330 g/mol. The largest absolute Gasteiger partial charge is 0.489 e. The van der Waals surface area contributed by atoms with Crippen LogP contribution in [0.25, 0.3) is 0 Å². The van der Waals surface area contributed by atoms with Gasteiger partial charge in [-0.3, -0.25) is 4.79 Å². The molecule has 0 fully saturated rings. The fraction of sp³-hybridized carbons (Fsp3) is 0.316. The van der Waals surface area contributed by atoms with Crippen LogP contribution in [0.3, 0.4) is 0 Å². The molecule has 0 radical (unpaired) electrons. The smallest absolute Gasteiger partial charge is 0.238 e. The molecule has 2 aromatic rings. The topological polar surface area (TPSA) is 41.6 Å². The SMILES string of the molecule is C[C@H](NCc1ccc(OCc2cccc(F)c2)cc1)C(=O)N(C)C. The van der Waals surface area contributed by atoms with Crippen LogP contribution in [0, 0.1) is 5.82 Å². The first kappa shape index (κ1) is 17.9. The average Bonchev–Trinajstić information content (AvgIpc) is 2.58. The molecular weight excluding hydrogens is 307 g/mol. The Bertz CT molecular complexity index is 671. The van der Waals surface area contributed by atoms with Crippen molar-refractivity contribution < 1.29 is 13.9 Å². The first-order chi connectivity index (χ1) is 11.5.